The van der Waals surface area contributed by atoms with Crippen molar-refractivity contribution in [2.24, 2.45) is 4.99 Å². The summed E-state index contributed by atoms with van der Waals surface area (Å²) in [5, 5.41) is 11.9. The van der Waals surface area contributed by atoms with E-state index in [1.807, 2.05) is 6.07 Å². The first-order valence-corrected chi connectivity index (χ1v) is 2.01. The highest BCUT2D eigenvalue weighted by Crippen LogP contribution is 1.89. The van der Waals surface area contributed by atoms with Crippen LogP contribution in [0.2, 0.25) is 0 Å². The summed E-state index contributed by atoms with van der Waals surface area (Å²) in [6.45, 7) is 0.552. The molecule has 1 radical (unpaired) electrons. The fourth-order valence-electron chi connectivity index (χ4n) is 0.396. The molecule has 0 amide bonds. The molecule has 1 aliphatic rings. The van der Waals surface area contributed by atoms with Crippen LogP contribution in [0.5, 0.6) is 0 Å². The monoisotopic (exact) mass is 94.0 g/mol. The largest absolute Gasteiger partial charge is 0.271 e. The molecule has 0 bridgehead atoms. The first-order valence-electron chi connectivity index (χ1n) is 2.01. The van der Waals surface area contributed by atoms with Crippen LogP contribution in [0.25, 0.3) is 0 Å². The average molecular weight is 94.1 g/mol. The lowest BCUT2D eigenvalue weighted by atomic mass is 10.4. The van der Waals surface area contributed by atoms with Gasteiger partial charge in [-0.2, -0.15) is 5.26 Å². The van der Waals surface area contributed by atoms with Gasteiger partial charge in [-0.05, 0) is 0 Å². The van der Waals surface area contributed by atoms with E-state index in [1.54, 1.807) is 0 Å². The fraction of sp³-hybridized carbons (Fsp3) is 0.500. The van der Waals surface area contributed by atoms with Gasteiger partial charge in [0, 0.05) is 0 Å². The molecule has 0 N–H and O–H groups in total. The summed E-state index contributed by atoms with van der Waals surface area (Å²) in [5.74, 6) is 0. The van der Waals surface area contributed by atoms with Crippen molar-refractivity contribution >= 4 is 6.34 Å². The molecule has 0 aromatic rings. The second-order valence-electron chi connectivity index (χ2n) is 1.27. The van der Waals surface area contributed by atoms with Crippen molar-refractivity contribution in [3.63, 3.8) is 0 Å². The summed E-state index contributed by atoms with van der Waals surface area (Å²) in [5.41, 5.74) is 0. The maximum Gasteiger partial charge on any atom is 0.157 e. The van der Waals surface area contributed by atoms with E-state index < -0.39 is 0 Å². The lowest BCUT2D eigenvalue weighted by Gasteiger charge is -1.84. The fourth-order valence-corrected chi connectivity index (χ4v) is 0.396. The minimum Gasteiger partial charge on any atom is -0.271 e. The van der Waals surface area contributed by atoms with E-state index >= 15 is 0 Å². The van der Waals surface area contributed by atoms with Crippen LogP contribution in [-0.4, -0.2) is 18.9 Å². The molecule has 1 rings (SSSR count). The van der Waals surface area contributed by atoms with Gasteiger partial charge in [0.15, 0.2) is 6.04 Å². The molecule has 0 fully saturated rings. The molecule has 0 saturated heterocycles. The third-order valence-electron chi connectivity index (χ3n) is 0.756. The Labute approximate surface area is 41.7 Å². The summed E-state index contributed by atoms with van der Waals surface area (Å²) in [6.07, 6.45) is 1.44. The zero-order chi connectivity index (χ0) is 5.11. The van der Waals surface area contributed by atoms with E-state index in [0.717, 1.165) is 0 Å². The summed E-state index contributed by atoms with van der Waals surface area (Å²) in [6, 6.07) is 1.78. The maximum atomic E-state index is 8.14. The van der Waals surface area contributed by atoms with Gasteiger partial charge < -0.3 is 0 Å². The molecular weight excluding hydrogens is 90.1 g/mol. The van der Waals surface area contributed by atoms with Crippen molar-refractivity contribution < 1.29 is 0 Å². The second kappa shape index (κ2) is 1.61. The van der Waals surface area contributed by atoms with E-state index in [0.29, 0.717) is 6.54 Å². The Morgan fingerprint density at radius 2 is 2.71 bits per heavy atom. The number of aliphatic imine (C=N–C) groups is 1. The van der Waals surface area contributed by atoms with Gasteiger partial charge in [-0.25, -0.2) is 0 Å². The molecular formula is C4H4N3. The van der Waals surface area contributed by atoms with E-state index in [1.165, 1.54) is 6.34 Å². The van der Waals surface area contributed by atoms with Crippen LogP contribution in [0.1, 0.15) is 0 Å². The lowest BCUT2D eigenvalue weighted by Crippen LogP contribution is -2.06. The molecule has 1 unspecified atom stereocenters. The molecule has 0 spiro atoms. The Kier molecular flexibility index (Phi) is 0.947. The van der Waals surface area contributed by atoms with Crippen molar-refractivity contribution in [1.82, 2.24) is 5.32 Å². The smallest absolute Gasteiger partial charge is 0.157 e. The zero-order valence-electron chi connectivity index (χ0n) is 3.70. The van der Waals surface area contributed by atoms with Crippen LogP contribution in [0.4, 0.5) is 0 Å². The molecule has 1 heterocycles. The van der Waals surface area contributed by atoms with Gasteiger partial charge in [0.2, 0.25) is 0 Å². The summed E-state index contributed by atoms with van der Waals surface area (Å²) in [4.78, 5) is 3.70. The molecule has 0 aromatic heterocycles. The minimum absolute atomic E-state index is 0.194. The van der Waals surface area contributed by atoms with Crippen LogP contribution in [-0.2, 0) is 0 Å². The van der Waals surface area contributed by atoms with Gasteiger partial charge in [0.1, 0.15) is 6.34 Å². The summed E-state index contributed by atoms with van der Waals surface area (Å²) in [7, 11) is 0. The third kappa shape index (κ3) is 0.686. The van der Waals surface area contributed by atoms with E-state index in [-0.39, 0.29) is 6.04 Å². The molecule has 7 heavy (non-hydrogen) atoms. The minimum atomic E-state index is -0.194. The van der Waals surface area contributed by atoms with Gasteiger partial charge in [-0.15, -0.1) is 0 Å². The van der Waals surface area contributed by atoms with E-state index in [9.17, 15) is 0 Å². The van der Waals surface area contributed by atoms with Gasteiger partial charge in [0.05, 0.1) is 12.6 Å². The van der Waals surface area contributed by atoms with Crippen LogP contribution in [0, 0.1) is 11.3 Å². The normalized spacial score (nSPS) is 26.4. The summed E-state index contributed by atoms with van der Waals surface area (Å²) < 4.78 is 0. The van der Waals surface area contributed by atoms with Crippen molar-refractivity contribution in [3.8, 4) is 6.07 Å². The van der Waals surface area contributed by atoms with Crippen LogP contribution in [0.15, 0.2) is 4.99 Å². The van der Waals surface area contributed by atoms with Gasteiger partial charge in [-0.3, -0.25) is 10.3 Å². The topological polar surface area (TPSA) is 50.2 Å². The first-order chi connectivity index (χ1) is 3.43. The summed E-state index contributed by atoms with van der Waals surface area (Å²) >= 11 is 0. The van der Waals surface area contributed by atoms with E-state index in [2.05, 4.69) is 10.3 Å². The van der Waals surface area contributed by atoms with Crippen LogP contribution in [0.3, 0.4) is 0 Å². The Bertz CT molecular complexity index is 121. The van der Waals surface area contributed by atoms with Crippen molar-refractivity contribution in [2.45, 2.75) is 6.04 Å². The molecule has 35 valence electrons. The predicted octanol–water partition coefficient (Wildman–Crippen LogP) is -0.475. The molecule has 1 aliphatic heterocycles. The molecule has 0 aliphatic carbocycles. The standard InChI is InChI=1S/C4H4N3/c5-1-4-2-6-3-7-4/h3-4H,2H2. The molecule has 3 nitrogen and oxygen atoms in total. The van der Waals surface area contributed by atoms with Crippen molar-refractivity contribution in [2.75, 3.05) is 6.54 Å². The van der Waals surface area contributed by atoms with Crippen molar-refractivity contribution in [1.29, 1.82) is 5.26 Å². The molecule has 0 aromatic carbocycles. The van der Waals surface area contributed by atoms with Crippen LogP contribution < -0.4 is 5.32 Å². The highest BCUT2D eigenvalue weighted by Gasteiger charge is 2.07. The molecule has 3 heteroatoms. The van der Waals surface area contributed by atoms with Crippen LogP contribution >= 0.6 is 0 Å². The first kappa shape index (κ1) is 4.13. The number of hydrogen-bond acceptors (Lipinski definition) is 2. The predicted molar refractivity (Wildman–Crippen MR) is 24.9 cm³/mol. The van der Waals surface area contributed by atoms with Gasteiger partial charge in [-0.1, -0.05) is 0 Å². The second-order valence-corrected chi connectivity index (χ2v) is 1.27. The highest BCUT2D eigenvalue weighted by atomic mass is 15.0. The number of rotatable bonds is 0. The Hall–Kier alpha value is -1.04. The Balaban J connectivity index is 2.47. The average Bonchev–Trinajstić information content (AvgIpc) is 2.14. The zero-order valence-corrected chi connectivity index (χ0v) is 3.70. The third-order valence-corrected chi connectivity index (χ3v) is 0.756. The lowest BCUT2D eigenvalue weighted by molar-refractivity contribution is 0.837. The number of nitriles is 1. The molecule has 1 atom stereocenters. The van der Waals surface area contributed by atoms with Gasteiger partial charge >= 0.3 is 0 Å². The quantitative estimate of drug-likeness (QED) is 0.400. The Morgan fingerprint density at radius 3 is 3.00 bits per heavy atom. The van der Waals surface area contributed by atoms with Crippen molar-refractivity contribution in [3.05, 3.63) is 0 Å². The maximum absolute atomic E-state index is 8.14. The van der Waals surface area contributed by atoms with E-state index in [4.69, 9.17) is 5.26 Å². The SMILES string of the molecule is N#CC1C[N]C=N1. The number of hydrogen-bond donors (Lipinski definition) is 0. The highest BCUT2D eigenvalue weighted by molar-refractivity contribution is 5.57. The van der Waals surface area contributed by atoms with Gasteiger partial charge in [0.25, 0.3) is 0 Å². The number of nitrogens with zero attached hydrogens (tertiary/aromatic N) is 3. The Morgan fingerprint density at radius 1 is 1.86 bits per heavy atom. The molecule has 0 saturated carbocycles.